The summed E-state index contributed by atoms with van der Waals surface area (Å²) in [6.45, 7) is 12.9. The smallest absolute Gasteiger partial charge is 0.111 e. The number of hydrogen-bond acceptors (Lipinski definition) is 14. The van der Waals surface area contributed by atoms with Crippen LogP contribution in [-0.2, 0) is 21.9 Å². The normalized spacial score (nSPS) is 10.1. The number of nitriles is 2. The largest absolute Gasteiger partial charge is 2.00 e. The second-order valence-corrected chi connectivity index (χ2v) is 14.2. The number of hydrogen-bond donors (Lipinski definition) is 0. The van der Waals surface area contributed by atoms with E-state index in [1.165, 1.54) is 42.3 Å². The fourth-order valence-corrected chi connectivity index (χ4v) is 4.85. The first-order valence-corrected chi connectivity index (χ1v) is 18.6. The fourth-order valence-electron chi connectivity index (χ4n) is 4.85. The Balaban J connectivity index is -0.000000225. The van der Waals surface area contributed by atoms with Gasteiger partial charge < -0.3 is 61.3 Å². The first-order chi connectivity index (χ1) is 28.6. The van der Waals surface area contributed by atoms with Crippen molar-refractivity contribution in [2.45, 2.75) is 41.5 Å². The van der Waals surface area contributed by atoms with E-state index in [-0.39, 0.29) is 118 Å². The predicted molar refractivity (Wildman–Crippen MR) is 232 cm³/mol. The second kappa shape index (κ2) is 39.1. The Morgan fingerprint density at radius 3 is 0.758 bits per heavy atom. The maximum absolute atomic E-state index is 12.1. The average molecular weight is 1360 g/mol. The van der Waals surface area contributed by atoms with Crippen LogP contribution < -0.4 is 39.4 Å². The van der Waals surface area contributed by atoms with Gasteiger partial charge in [-0.2, -0.15) is 10.5 Å². The summed E-state index contributed by atoms with van der Waals surface area (Å²) >= 11 is 0. The van der Waals surface area contributed by atoms with Crippen LogP contribution in [0.25, 0.3) is 0 Å². The van der Waals surface area contributed by atoms with Crippen LogP contribution in [0.5, 0.6) is 46.0 Å². The molecule has 0 amide bonds. The van der Waals surface area contributed by atoms with E-state index in [0.717, 1.165) is 0 Å². The fraction of sp³-hybridized carbons (Fsp3) is 0.348. The minimum atomic E-state index is -0.225. The van der Waals surface area contributed by atoms with Crippen LogP contribution in [-0.4, -0.2) is 79.5 Å². The molecule has 0 heterocycles. The topological polar surface area (TPSA) is 340 Å². The van der Waals surface area contributed by atoms with E-state index >= 15 is 0 Å². The van der Waals surface area contributed by atoms with Crippen LogP contribution in [0.15, 0.2) is 92.8 Å². The van der Waals surface area contributed by atoms with Gasteiger partial charge in [0.05, 0.1) is 40.6 Å². The molecule has 20 heteroatoms. The Labute approximate surface area is 435 Å². The molecular formula is C46H54N6O12U2-12. The van der Waals surface area contributed by atoms with Crippen molar-refractivity contribution < 1.29 is 124 Å². The summed E-state index contributed by atoms with van der Waals surface area (Å²) in [5, 5.41) is 63.0. The van der Waals surface area contributed by atoms with Crippen LogP contribution in [0, 0.1) is 95.7 Å². The van der Waals surface area contributed by atoms with Gasteiger partial charge in [0.15, 0.2) is 0 Å². The van der Waals surface area contributed by atoms with E-state index in [4.69, 9.17) is 29.5 Å². The zero-order valence-corrected chi connectivity index (χ0v) is 47.0. The van der Waals surface area contributed by atoms with E-state index in [2.05, 4.69) is 20.0 Å². The predicted octanol–water partition coefficient (Wildman–Crippen LogP) is 5.41. The molecule has 66 heavy (non-hydrogen) atoms. The van der Waals surface area contributed by atoms with Gasteiger partial charge in [-0.15, -0.1) is 0 Å². The Hall–Kier alpha value is -5.12. The number of aliphatic imine (C=N–C) groups is 4. The maximum atomic E-state index is 12.1. The molecule has 4 aromatic carbocycles. The Morgan fingerprint density at radius 2 is 0.606 bits per heavy atom. The van der Waals surface area contributed by atoms with Gasteiger partial charge in [0.25, 0.3) is 0 Å². The quantitative estimate of drug-likeness (QED) is 0.128. The molecular weight excluding hydrogens is 1300 g/mol. The minimum Gasteiger partial charge on any atom is -2.00 e. The summed E-state index contributed by atoms with van der Waals surface area (Å²) in [6, 6.07) is 23.9. The van der Waals surface area contributed by atoms with E-state index in [1.54, 1.807) is 110 Å². The molecule has 360 valence electrons. The number of methoxy groups -OCH3 is 4. The molecule has 0 radical (unpaired) electrons. The molecule has 4 aromatic rings. The molecule has 0 saturated carbocycles. The molecule has 0 unspecified atom stereocenters. The summed E-state index contributed by atoms with van der Waals surface area (Å²) in [4.78, 5) is 17.5. The van der Waals surface area contributed by atoms with Crippen LogP contribution in [0.4, 0.5) is 0 Å². The summed E-state index contributed by atoms with van der Waals surface area (Å²) in [5.74, 6) is 0.482. The van der Waals surface area contributed by atoms with E-state index in [1.807, 2.05) is 27.7 Å². The van der Waals surface area contributed by atoms with Gasteiger partial charge in [-0.25, -0.2) is 0 Å². The van der Waals surface area contributed by atoms with E-state index in [0.29, 0.717) is 71.4 Å². The summed E-state index contributed by atoms with van der Waals surface area (Å²) < 4.78 is 20.1. The van der Waals surface area contributed by atoms with Gasteiger partial charge in [0.2, 0.25) is 0 Å². The molecule has 0 bridgehead atoms. The Kier molecular flexibility index (Phi) is 42.9. The first-order valence-electron chi connectivity index (χ1n) is 18.6. The molecule has 0 saturated heterocycles. The molecule has 0 fully saturated rings. The van der Waals surface area contributed by atoms with Gasteiger partial charge >= 0.3 is 0 Å². The third kappa shape index (κ3) is 26.1. The van der Waals surface area contributed by atoms with Crippen molar-refractivity contribution in [1.82, 2.24) is 0 Å². The zero-order valence-electron chi connectivity index (χ0n) is 38.6. The van der Waals surface area contributed by atoms with Crippen LogP contribution >= 0.6 is 0 Å². The number of benzene rings is 4. The zero-order chi connectivity index (χ0) is 45.1. The van der Waals surface area contributed by atoms with Crippen molar-refractivity contribution in [3.8, 4) is 58.1 Å². The summed E-state index contributed by atoms with van der Waals surface area (Å²) in [7, 11) is 5.87. The molecule has 0 spiro atoms. The minimum absolute atomic E-state index is 0. The van der Waals surface area contributed by atoms with Crippen molar-refractivity contribution in [2.75, 3.05) is 54.6 Å². The standard InChI is InChI=1S/2C21H26N2O4.2C2H3N.4O.2U/c2*1-21(2,13-22-11-15-7-5-9-17(26-3)19(15)24)14-23-12-16-8-6-10-18(27-4)20(16)25;2*1-2-3;;;;;;/h2*5-12,24-25H,13-14H2,1-4H3;2*1H3;;;;;;/q;;;;4*-2;;/p-4. The number of para-hydroxylation sites is 4. The van der Waals surface area contributed by atoms with Crippen LogP contribution in [0.1, 0.15) is 63.8 Å². The van der Waals surface area contributed by atoms with Gasteiger partial charge in [-0.3, -0.25) is 20.0 Å². The first kappa shape index (κ1) is 72.5. The molecule has 4 rings (SSSR count). The van der Waals surface area contributed by atoms with Crippen LogP contribution in [0.3, 0.4) is 0 Å². The third-order valence-corrected chi connectivity index (χ3v) is 7.92. The summed E-state index contributed by atoms with van der Waals surface area (Å²) in [6.07, 6.45) is 6.25. The van der Waals surface area contributed by atoms with Gasteiger partial charge in [-0.05, 0) is 46.5 Å². The second-order valence-electron chi connectivity index (χ2n) is 14.2. The van der Waals surface area contributed by atoms with Crippen molar-refractivity contribution in [3.63, 3.8) is 0 Å². The molecule has 0 atom stereocenters. The van der Waals surface area contributed by atoms with Gasteiger partial charge in [-0.1, -0.05) is 99.2 Å². The average Bonchev–Trinajstić information content (AvgIpc) is 3.21. The monoisotopic (exact) mass is 1360 g/mol. The van der Waals surface area contributed by atoms with Gasteiger partial charge in [0.1, 0.15) is 23.0 Å². The number of nitrogens with zero attached hydrogens (tertiary/aromatic N) is 6. The molecule has 0 aromatic heterocycles. The molecule has 18 nitrogen and oxygen atoms in total. The van der Waals surface area contributed by atoms with Crippen molar-refractivity contribution in [3.05, 3.63) is 95.1 Å². The molecule has 0 aliphatic heterocycles. The Bertz CT molecular complexity index is 1870. The molecule has 0 N–H and O–H groups in total. The van der Waals surface area contributed by atoms with Gasteiger partial charge in [0, 0.05) is 138 Å². The Morgan fingerprint density at radius 1 is 0.439 bits per heavy atom. The van der Waals surface area contributed by atoms with Crippen molar-refractivity contribution >= 4 is 24.9 Å². The van der Waals surface area contributed by atoms with Crippen molar-refractivity contribution in [2.24, 2.45) is 30.8 Å². The van der Waals surface area contributed by atoms with E-state index in [9.17, 15) is 20.4 Å². The van der Waals surface area contributed by atoms with Crippen molar-refractivity contribution in [1.29, 1.82) is 10.5 Å². The van der Waals surface area contributed by atoms with E-state index < -0.39 is 0 Å². The maximum Gasteiger partial charge on any atom is 0.111 e. The number of rotatable bonds is 16. The van der Waals surface area contributed by atoms with Crippen LogP contribution in [0.2, 0.25) is 0 Å². The SMILES string of the molecule is CC#N.CC#N.COc1cccc(C=NCC(C)(C)CN=Cc2cccc(OC)c2[O-])c1[O-].COc1cccc(C=NCC(C)(C)CN=Cc2cccc(OC)c2[O-])c1[O-].[O-2].[O-2].[O-2].[O-2].[U].[U]. The summed E-state index contributed by atoms with van der Waals surface area (Å²) in [5.41, 5.74) is 1.50. The third-order valence-electron chi connectivity index (χ3n) is 7.92. The molecule has 0 aliphatic carbocycles. The molecule has 0 aliphatic rings. The number of ether oxygens (including phenoxy) is 4.